The van der Waals surface area contributed by atoms with Gasteiger partial charge in [0.15, 0.2) is 5.78 Å². The second kappa shape index (κ2) is 3.58. The van der Waals surface area contributed by atoms with Crippen LogP contribution in [0.25, 0.3) is 5.76 Å². The molecular formula is C11H12O2S. The maximum absolute atomic E-state index is 11.5. The van der Waals surface area contributed by atoms with E-state index in [-0.39, 0.29) is 11.5 Å². The van der Waals surface area contributed by atoms with E-state index in [4.69, 9.17) is 0 Å². The Bertz CT molecular complexity index is 401. The van der Waals surface area contributed by atoms with Crippen LogP contribution in [0.1, 0.15) is 30.2 Å². The van der Waals surface area contributed by atoms with E-state index in [0.717, 1.165) is 12.0 Å². The van der Waals surface area contributed by atoms with Crippen molar-refractivity contribution < 1.29 is 9.90 Å². The molecule has 0 spiro atoms. The molecule has 1 aromatic heterocycles. The highest BCUT2D eigenvalue weighted by atomic mass is 32.1. The van der Waals surface area contributed by atoms with Crippen LogP contribution in [0.2, 0.25) is 0 Å². The molecule has 1 heterocycles. The quantitative estimate of drug-likeness (QED) is 0.811. The summed E-state index contributed by atoms with van der Waals surface area (Å²) in [6.45, 7) is 1.83. The van der Waals surface area contributed by atoms with Crippen molar-refractivity contribution >= 4 is 22.9 Å². The number of aryl methyl sites for hydroxylation is 1. The van der Waals surface area contributed by atoms with Gasteiger partial charge in [0.25, 0.3) is 0 Å². The number of rotatable bonds is 2. The highest BCUT2D eigenvalue weighted by Crippen LogP contribution is 2.33. The summed E-state index contributed by atoms with van der Waals surface area (Å²) in [5, 5.41) is 11.8. The molecule has 0 unspecified atom stereocenters. The van der Waals surface area contributed by atoms with Gasteiger partial charge in [-0.25, -0.2) is 0 Å². The molecule has 74 valence electrons. The number of Topliss-reactive ketones (excluding diaryl/α,β-unsaturated/α-hetero) is 1. The Morgan fingerprint density at radius 1 is 1.57 bits per heavy atom. The molecular weight excluding hydrogens is 196 g/mol. The van der Waals surface area contributed by atoms with Crippen LogP contribution >= 0.6 is 11.3 Å². The van der Waals surface area contributed by atoms with Gasteiger partial charge in [0.2, 0.25) is 0 Å². The summed E-state index contributed by atoms with van der Waals surface area (Å²) in [4.78, 5) is 12.7. The molecule has 2 nitrogen and oxygen atoms in total. The Kier molecular flexibility index (Phi) is 2.42. The van der Waals surface area contributed by atoms with Gasteiger partial charge >= 0.3 is 0 Å². The zero-order valence-corrected chi connectivity index (χ0v) is 8.86. The van der Waals surface area contributed by atoms with Crippen molar-refractivity contribution in [1.29, 1.82) is 0 Å². The lowest BCUT2D eigenvalue weighted by molar-refractivity contribution is -0.115. The molecule has 0 aromatic carbocycles. The fourth-order valence-electron chi connectivity index (χ4n) is 1.75. The first-order valence-electron chi connectivity index (χ1n) is 4.76. The lowest BCUT2D eigenvalue weighted by atomic mass is 9.93. The second-order valence-corrected chi connectivity index (χ2v) is 4.36. The van der Waals surface area contributed by atoms with Crippen LogP contribution in [-0.2, 0) is 11.2 Å². The molecule has 0 radical (unpaired) electrons. The maximum Gasteiger partial charge on any atom is 0.162 e. The monoisotopic (exact) mass is 208 g/mol. The van der Waals surface area contributed by atoms with E-state index in [9.17, 15) is 9.90 Å². The summed E-state index contributed by atoms with van der Waals surface area (Å²) in [7, 11) is 0. The smallest absolute Gasteiger partial charge is 0.162 e. The van der Waals surface area contributed by atoms with Gasteiger partial charge in [0, 0.05) is 22.4 Å². The standard InChI is InChI=1S/C11H12O2S/c1-2-9(12)7-3-4-10-8(11(7)13)5-6-14-10/h5-6,13H,2-4H2,1H3. The summed E-state index contributed by atoms with van der Waals surface area (Å²) < 4.78 is 0. The Hall–Kier alpha value is -1.09. The summed E-state index contributed by atoms with van der Waals surface area (Å²) in [6, 6.07) is 1.89. The van der Waals surface area contributed by atoms with E-state index in [1.165, 1.54) is 4.88 Å². The SMILES string of the molecule is CCC(=O)C1=C(O)c2ccsc2CC1. The molecule has 0 bridgehead atoms. The van der Waals surface area contributed by atoms with Crippen molar-refractivity contribution in [1.82, 2.24) is 0 Å². The van der Waals surface area contributed by atoms with Crippen molar-refractivity contribution in [2.24, 2.45) is 0 Å². The third kappa shape index (κ3) is 1.38. The van der Waals surface area contributed by atoms with E-state index in [1.807, 2.05) is 18.4 Å². The van der Waals surface area contributed by atoms with E-state index >= 15 is 0 Å². The van der Waals surface area contributed by atoms with Crippen molar-refractivity contribution in [2.75, 3.05) is 0 Å². The Labute approximate surface area is 86.9 Å². The van der Waals surface area contributed by atoms with Crippen LogP contribution in [0.5, 0.6) is 0 Å². The molecule has 0 saturated carbocycles. The van der Waals surface area contributed by atoms with Gasteiger partial charge in [0.1, 0.15) is 5.76 Å². The Morgan fingerprint density at radius 2 is 2.36 bits per heavy atom. The fraction of sp³-hybridized carbons (Fsp3) is 0.364. The van der Waals surface area contributed by atoms with E-state index in [1.54, 1.807) is 11.3 Å². The van der Waals surface area contributed by atoms with Crippen molar-refractivity contribution in [2.45, 2.75) is 26.2 Å². The molecule has 0 aliphatic heterocycles. The van der Waals surface area contributed by atoms with E-state index < -0.39 is 0 Å². The van der Waals surface area contributed by atoms with Crippen LogP contribution in [0, 0.1) is 0 Å². The summed E-state index contributed by atoms with van der Waals surface area (Å²) >= 11 is 1.65. The first kappa shape index (κ1) is 9.46. The van der Waals surface area contributed by atoms with Gasteiger partial charge < -0.3 is 5.11 Å². The van der Waals surface area contributed by atoms with Crippen molar-refractivity contribution in [3.63, 3.8) is 0 Å². The number of fused-ring (bicyclic) bond motifs is 1. The minimum Gasteiger partial charge on any atom is -0.507 e. The highest BCUT2D eigenvalue weighted by Gasteiger charge is 2.22. The first-order chi connectivity index (χ1) is 6.74. The number of allylic oxidation sites excluding steroid dienone is 1. The Morgan fingerprint density at radius 3 is 3.07 bits per heavy atom. The van der Waals surface area contributed by atoms with Crippen LogP contribution in [-0.4, -0.2) is 10.9 Å². The number of aliphatic hydroxyl groups excluding tert-OH is 1. The molecule has 0 amide bonds. The van der Waals surface area contributed by atoms with Crippen LogP contribution in [0.3, 0.4) is 0 Å². The third-order valence-corrected chi connectivity index (χ3v) is 3.53. The van der Waals surface area contributed by atoms with Crippen LogP contribution in [0.15, 0.2) is 17.0 Å². The summed E-state index contributed by atoms with van der Waals surface area (Å²) in [6.07, 6.45) is 2.04. The number of thiophene rings is 1. The second-order valence-electron chi connectivity index (χ2n) is 3.36. The number of hydrogen-bond acceptors (Lipinski definition) is 3. The molecule has 14 heavy (non-hydrogen) atoms. The largest absolute Gasteiger partial charge is 0.507 e. The molecule has 2 rings (SSSR count). The van der Waals surface area contributed by atoms with Gasteiger partial charge in [-0.15, -0.1) is 11.3 Å². The minimum atomic E-state index is 0.0688. The maximum atomic E-state index is 11.5. The summed E-state index contributed by atoms with van der Waals surface area (Å²) in [5.74, 6) is 0.277. The molecule has 0 fully saturated rings. The van der Waals surface area contributed by atoms with Crippen LogP contribution < -0.4 is 0 Å². The number of carbonyl (C=O) groups is 1. The van der Waals surface area contributed by atoms with Gasteiger partial charge in [0.05, 0.1) is 0 Å². The number of aliphatic hydroxyl groups is 1. The van der Waals surface area contributed by atoms with Gasteiger partial charge in [-0.05, 0) is 24.3 Å². The third-order valence-electron chi connectivity index (χ3n) is 2.55. The topological polar surface area (TPSA) is 37.3 Å². The lowest BCUT2D eigenvalue weighted by Gasteiger charge is -2.14. The van der Waals surface area contributed by atoms with Crippen molar-refractivity contribution in [3.8, 4) is 0 Å². The minimum absolute atomic E-state index is 0.0688. The van der Waals surface area contributed by atoms with Crippen LogP contribution in [0.4, 0.5) is 0 Å². The zero-order valence-electron chi connectivity index (χ0n) is 8.04. The molecule has 1 N–H and O–H groups in total. The predicted octanol–water partition coefficient (Wildman–Crippen LogP) is 2.94. The molecule has 3 heteroatoms. The van der Waals surface area contributed by atoms with Gasteiger partial charge in [-0.2, -0.15) is 0 Å². The predicted molar refractivity (Wildman–Crippen MR) is 57.5 cm³/mol. The molecule has 1 aromatic rings. The highest BCUT2D eigenvalue weighted by molar-refractivity contribution is 7.10. The van der Waals surface area contributed by atoms with Gasteiger partial charge in [-0.3, -0.25) is 4.79 Å². The first-order valence-corrected chi connectivity index (χ1v) is 5.64. The Balaban J connectivity index is 2.45. The zero-order chi connectivity index (χ0) is 10.1. The molecule has 1 aliphatic carbocycles. The number of carbonyl (C=O) groups excluding carboxylic acids is 1. The molecule has 0 saturated heterocycles. The van der Waals surface area contributed by atoms with E-state index in [0.29, 0.717) is 18.4 Å². The fourth-order valence-corrected chi connectivity index (χ4v) is 2.63. The number of ketones is 1. The van der Waals surface area contributed by atoms with Gasteiger partial charge in [-0.1, -0.05) is 6.92 Å². The normalized spacial score (nSPS) is 15.5. The number of hydrogen-bond donors (Lipinski definition) is 1. The lowest BCUT2D eigenvalue weighted by Crippen LogP contribution is -2.10. The average Bonchev–Trinajstić information content (AvgIpc) is 2.66. The average molecular weight is 208 g/mol. The molecule has 0 atom stereocenters. The molecule has 1 aliphatic rings. The van der Waals surface area contributed by atoms with Crippen molar-refractivity contribution in [3.05, 3.63) is 27.5 Å². The van der Waals surface area contributed by atoms with E-state index in [2.05, 4.69) is 0 Å². The summed E-state index contributed by atoms with van der Waals surface area (Å²) in [5.41, 5.74) is 1.47.